The van der Waals surface area contributed by atoms with Crippen molar-refractivity contribution in [3.05, 3.63) is 87.0 Å². The summed E-state index contributed by atoms with van der Waals surface area (Å²) in [6.07, 6.45) is -4.13. The van der Waals surface area contributed by atoms with Gasteiger partial charge >= 0.3 is 17.8 Å². The molecule has 0 amide bonds. The zero-order chi connectivity index (χ0) is 34.0. The van der Waals surface area contributed by atoms with Crippen molar-refractivity contribution in [1.82, 2.24) is 14.3 Å². The molecule has 2 aromatic carbocycles. The molecule has 2 heterocycles. The third-order valence-corrected chi connectivity index (χ3v) is 9.43. The lowest BCUT2D eigenvalue weighted by atomic mass is 9.93. The second-order valence-corrected chi connectivity index (χ2v) is 14.4. The summed E-state index contributed by atoms with van der Waals surface area (Å²) in [5.74, 6) is -1.10. The number of fused-ring (bicyclic) bond motifs is 1. The van der Waals surface area contributed by atoms with Gasteiger partial charge in [-0.05, 0) is 49.2 Å². The van der Waals surface area contributed by atoms with Crippen molar-refractivity contribution in [2.45, 2.75) is 38.5 Å². The molecule has 1 aromatic heterocycles. The first-order valence-electron chi connectivity index (χ1n) is 14.4. The van der Waals surface area contributed by atoms with Gasteiger partial charge in [-0.25, -0.2) is 27.3 Å². The van der Waals surface area contributed by atoms with Crippen LogP contribution in [0.3, 0.4) is 0 Å². The molecular weight excluding hydrogens is 661 g/mol. The Kier molecular flexibility index (Phi) is 11.4. The number of ether oxygens (including phenoxy) is 1. The maximum absolute atomic E-state index is 14.0. The number of allylic oxidation sites excluding steroid dienone is 1. The molecule has 3 aromatic rings. The Hall–Kier alpha value is -4.13. The minimum Gasteiger partial charge on any atom is -1.00 e. The number of carbonyl (C=O) groups is 1. The highest BCUT2D eigenvalue weighted by atomic mass is 35.5. The second-order valence-electron chi connectivity index (χ2n) is 12.1. The molecule has 1 aliphatic heterocycles. The van der Waals surface area contributed by atoms with E-state index in [0.717, 1.165) is 23.9 Å². The van der Waals surface area contributed by atoms with Crippen LogP contribution < -0.4 is 23.0 Å². The molecule has 0 radical (unpaired) electrons. The number of benzene rings is 2. The van der Waals surface area contributed by atoms with Crippen molar-refractivity contribution < 1.29 is 48.0 Å². The van der Waals surface area contributed by atoms with Gasteiger partial charge in [0.05, 0.1) is 69.1 Å². The number of nitrogens with zero attached hydrogens (tertiary/aromatic N) is 6. The van der Waals surface area contributed by atoms with Gasteiger partial charge in [-0.1, -0.05) is 18.2 Å². The van der Waals surface area contributed by atoms with E-state index in [4.69, 9.17) is 4.74 Å². The molecule has 0 spiro atoms. The van der Waals surface area contributed by atoms with Gasteiger partial charge in [-0.15, -0.1) is 5.10 Å². The summed E-state index contributed by atoms with van der Waals surface area (Å²) < 4.78 is 74.5. The topological polar surface area (TPSA) is 127 Å². The van der Waals surface area contributed by atoms with Crippen LogP contribution in [0.4, 0.5) is 24.8 Å². The highest BCUT2D eigenvalue weighted by molar-refractivity contribution is 7.91. The van der Waals surface area contributed by atoms with Gasteiger partial charge in [0, 0.05) is 24.4 Å². The number of quaternary nitrogens is 1. The van der Waals surface area contributed by atoms with Crippen LogP contribution in [-0.2, 0) is 32.1 Å². The highest BCUT2D eigenvalue weighted by Gasteiger charge is 2.41. The average molecular weight is 697 g/mol. The highest BCUT2D eigenvalue weighted by Crippen LogP contribution is 2.43. The number of carbonyl (C=O) groups excluding carboxylic acids is 1. The van der Waals surface area contributed by atoms with Crippen LogP contribution in [0.5, 0.6) is 0 Å². The number of alkyl halides is 3. The van der Waals surface area contributed by atoms with E-state index in [-0.39, 0.29) is 59.8 Å². The molecule has 16 heteroatoms. The Balaban J connectivity index is 0.00000600. The van der Waals surface area contributed by atoms with Crippen LogP contribution in [0.1, 0.15) is 42.5 Å². The molecule has 254 valence electrons. The number of aromatic nitrogens is 3. The Morgan fingerprint density at radius 3 is 2.30 bits per heavy atom. The summed E-state index contributed by atoms with van der Waals surface area (Å²) in [7, 11) is 3.63. The molecule has 0 N–H and O–H groups in total. The van der Waals surface area contributed by atoms with Gasteiger partial charge < -0.3 is 21.6 Å². The summed E-state index contributed by atoms with van der Waals surface area (Å²) in [5.41, 5.74) is -0.775. The second kappa shape index (κ2) is 14.3. The standard InChI is InChI=1S/C31H36F3N6O5S.ClH/c1-21-26(28(41)45-5)27(23-13-11-22(20-35)12-14-23)39-29(38(21)25-10-6-9-24(19-25)31(32,33)34)36-37(30(39)42)15-7-17-46(43,44)18-8-16-40(2,3)4;/h6,9-14,19,27H,7-8,15-18H2,1-5H3;1H/q+1;/p-1/t27-;/m1./s1. The monoisotopic (exact) mass is 696 g/mol. The van der Waals surface area contributed by atoms with Crippen molar-refractivity contribution in [2.24, 2.45) is 0 Å². The maximum Gasteiger partial charge on any atom is 0.416 e. The molecule has 0 fully saturated rings. The first-order valence-corrected chi connectivity index (χ1v) is 16.3. The van der Waals surface area contributed by atoms with E-state index in [2.05, 4.69) is 5.10 Å². The average Bonchev–Trinajstić information content (AvgIpc) is 3.29. The predicted octanol–water partition coefficient (Wildman–Crippen LogP) is 1.03. The largest absolute Gasteiger partial charge is 1.00 e. The SMILES string of the molecule is COC(=O)C1=C(C)N(c2cccc(C(F)(F)F)c2)c2nn(CCCS(=O)(=O)CCC[N+](C)(C)C)c(=O)n2[C@@H]1c1ccc(C#N)cc1.[Cl-]. The van der Waals surface area contributed by atoms with Gasteiger partial charge in [-0.2, -0.15) is 18.4 Å². The van der Waals surface area contributed by atoms with Crippen molar-refractivity contribution in [1.29, 1.82) is 5.26 Å². The lowest BCUT2D eigenvalue weighted by molar-refractivity contribution is -0.870. The van der Waals surface area contributed by atoms with Crippen LogP contribution in [0, 0.1) is 11.3 Å². The first kappa shape index (κ1) is 37.3. The molecule has 1 aliphatic rings. The summed E-state index contributed by atoms with van der Waals surface area (Å²) >= 11 is 0. The number of halogens is 4. The number of hydrogen-bond acceptors (Lipinski definition) is 8. The molecule has 4 rings (SSSR count). The van der Waals surface area contributed by atoms with E-state index in [1.54, 1.807) is 12.1 Å². The smallest absolute Gasteiger partial charge is 0.416 e. The number of hydrogen-bond donors (Lipinski definition) is 0. The fraction of sp³-hybridized carbons (Fsp3) is 0.419. The van der Waals surface area contributed by atoms with E-state index in [1.165, 1.54) is 40.7 Å². The Morgan fingerprint density at radius 1 is 1.09 bits per heavy atom. The van der Waals surface area contributed by atoms with Crippen LogP contribution >= 0.6 is 0 Å². The Morgan fingerprint density at radius 2 is 1.72 bits per heavy atom. The lowest BCUT2D eigenvalue weighted by Gasteiger charge is -2.35. The summed E-state index contributed by atoms with van der Waals surface area (Å²) in [6, 6.07) is 11.4. The number of aryl methyl sites for hydroxylation is 1. The van der Waals surface area contributed by atoms with Crippen molar-refractivity contribution in [2.75, 3.05) is 51.2 Å². The molecule has 0 aliphatic carbocycles. The molecule has 0 unspecified atom stereocenters. The van der Waals surface area contributed by atoms with E-state index in [1.807, 2.05) is 27.2 Å². The first-order chi connectivity index (χ1) is 21.5. The van der Waals surface area contributed by atoms with Gasteiger partial charge in [0.1, 0.15) is 6.04 Å². The third kappa shape index (κ3) is 8.43. The van der Waals surface area contributed by atoms with Crippen molar-refractivity contribution >= 4 is 27.4 Å². The minimum absolute atomic E-state index is 0. The molecule has 1 atom stereocenters. The van der Waals surface area contributed by atoms with Crippen LogP contribution in [0.2, 0.25) is 0 Å². The van der Waals surface area contributed by atoms with Crippen molar-refractivity contribution in [3.8, 4) is 6.07 Å². The van der Waals surface area contributed by atoms with Crippen LogP contribution in [-0.4, -0.2) is 79.5 Å². The Bertz CT molecular complexity index is 1860. The van der Waals surface area contributed by atoms with Gasteiger partial charge in [-0.3, -0.25) is 4.90 Å². The predicted molar refractivity (Wildman–Crippen MR) is 165 cm³/mol. The van der Waals surface area contributed by atoms with E-state index in [0.29, 0.717) is 28.6 Å². The Labute approximate surface area is 277 Å². The van der Waals surface area contributed by atoms with Gasteiger partial charge in [0.2, 0.25) is 5.95 Å². The minimum atomic E-state index is -4.67. The number of methoxy groups -OCH3 is 1. The number of sulfone groups is 1. The fourth-order valence-corrected chi connectivity index (χ4v) is 6.72. The summed E-state index contributed by atoms with van der Waals surface area (Å²) in [5, 5.41) is 13.8. The van der Waals surface area contributed by atoms with Crippen LogP contribution in [0.15, 0.2) is 64.6 Å². The lowest BCUT2D eigenvalue weighted by Crippen LogP contribution is -3.00. The van der Waals surface area contributed by atoms with Gasteiger partial charge in [0.25, 0.3) is 0 Å². The number of nitriles is 1. The fourth-order valence-electron chi connectivity index (χ4n) is 5.38. The molecular formula is C31H36ClF3N6O5S. The van der Waals surface area contributed by atoms with Crippen LogP contribution in [0.25, 0.3) is 0 Å². The van der Waals surface area contributed by atoms with E-state index < -0.39 is 39.3 Å². The molecule has 0 bridgehead atoms. The third-order valence-electron chi connectivity index (χ3n) is 7.61. The summed E-state index contributed by atoms with van der Waals surface area (Å²) in [4.78, 5) is 28.6. The molecule has 11 nitrogen and oxygen atoms in total. The zero-order valence-electron chi connectivity index (χ0n) is 26.6. The maximum atomic E-state index is 14.0. The quantitative estimate of drug-likeness (QED) is 0.215. The van der Waals surface area contributed by atoms with Crippen molar-refractivity contribution in [3.63, 3.8) is 0 Å². The number of anilines is 2. The zero-order valence-corrected chi connectivity index (χ0v) is 28.2. The van der Waals surface area contributed by atoms with Gasteiger partial charge in [0.15, 0.2) is 9.84 Å². The van der Waals surface area contributed by atoms with E-state index in [9.17, 15) is 36.4 Å². The van der Waals surface area contributed by atoms with E-state index >= 15 is 0 Å². The summed E-state index contributed by atoms with van der Waals surface area (Å²) in [6.45, 7) is 2.08. The number of esters is 1. The molecule has 0 saturated heterocycles. The molecule has 0 saturated carbocycles. The normalized spacial score (nSPS) is 15.1. The molecule has 47 heavy (non-hydrogen) atoms. The number of rotatable bonds is 11.